The number of ether oxygens (including phenoxy) is 2. The minimum atomic E-state index is -0.735. The van der Waals surface area contributed by atoms with Gasteiger partial charge in [-0.05, 0) is 25.0 Å². The number of unbranched alkanes of at least 4 members (excludes halogenated alkanes) is 18. The smallest absolute Gasteiger partial charge is 0.226 e. The summed E-state index contributed by atoms with van der Waals surface area (Å²) in [4.78, 5) is 7.68. The monoisotopic (exact) mass is 644 g/mol. The van der Waals surface area contributed by atoms with E-state index in [-0.39, 0.29) is 22.5 Å². The molecule has 45 heavy (non-hydrogen) atoms. The molecule has 250 valence electrons. The van der Waals surface area contributed by atoms with E-state index in [2.05, 4.69) is 32.6 Å². The van der Waals surface area contributed by atoms with Gasteiger partial charge in [-0.1, -0.05) is 129 Å². The number of pyridine rings is 2. The Kier molecular flexibility index (Phi) is 18.6. The lowest BCUT2D eigenvalue weighted by Crippen LogP contribution is -2.04. The lowest BCUT2D eigenvalue weighted by Gasteiger charge is -2.13. The maximum atomic E-state index is 15.2. The zero-order valence-corrected chi connectivity index (χ0v) is 28.5. The first-order valence-corrected chi connectivity index (χ1v) is 18.3. The summed E-state index contributed by atoms with van der Waals surface area (Å²) in [7, 11) is 0. The summed E-state index contributed by atoms with van der Waals surface area (Å²) in [5.41, 5.74) is 0.521. The van der Waals surface area contributed by atoms with Crippen LogP contribution in [-0.2, 0) is 0 Å². The van der Waals surface area contributed by atoms with Gasteiger partial charge >= 0.3 is 0 Å². The van der Waals surface area contributed by atoms with E-state index >= 15 is 8.78 Å². The maximum Gasteiger partial charge on any atom is 0.226 e. The highest BCUT2D eigenvalue weighted by Gasteiger charge is 2.26. The fourth-order valence-electron chi connectivity index (χ4n) is 5.57. The number of hydrogen-bond donors (Lipinski definition) is 0. The SMILES string of the molecule is CCCCCCCCCCCCOc1ccnc(F)c1-c1nsnc1-c1c(OCCCCCCCCCCCC)ccnc1F. The van der Waals surface area contributed by atoms with Crippen LogP contribution in [0.1, 0.15) is 142 Å². The van der Waals surface area contributed by atoms with Crippen molar-refractivity contribution in [2.24, 2.45) is 0 Å². The zero-order chi connectivity index (χ0) is 32.0. The van der Waals surface area contributed by atoms with Crippen LogP contribution in [0.3, 0.4) is 0 Å². The van der Waals surface area contributed by atoms with Crippen molar-refractivity contribution in [1.82, 2.24) is 18.7 Å². The van der Waals surface area contributed by atoms with Crippen LogP contribution in [0.2, 0.25) is 0 Å². The highest BCUT2D eigenvalue weighted by molar-refractivity contribution is 6.99. The molecule has 3 aromatic rings. The molecule has 9 heteroatoms. The van der Waals surface area contributed by atoms with Crippen LogP contribution >= 0.6 is 11.7 Å². The first-order chi connectivity index (χ1) is 22.2. The van der Waals surface area contributed by atoms with Crippen LogP contribution in [0.25, 0.3) is 22.5 Å². The van der Waals surface area contributed by atoms with Crippen molar-refractivity contribution in [2.75, 3.05) is 13.2 Å². The standard InChI is InChI=1S/C36H54F2N4O2S/c1-3-5-7-9-11-13-15-17-19-21-27-43-29-23-25-39-35(37)31(29)33-34(42-45-41-33)32-30(24-26-40-36(32)38)44-28-22-20-18-16-14-12-10-8-6-4-2/h23-26H,3-22,27-28H2,1-2H3. The lowest BCUT2D eigenvalue weighted by atomic mass is 10.1. The molecule has 3 rings (SSSR count). The van der Waals surface area contributed by atoms with Gasteiger partial charge in [0.1, 0.15) is 34.0 Å². The maximum absolute atomic E-state index is 15.2. The predicted molar refractivity (Wildman–Crippen MR) is 181 cm³/mol. The molecule has 0 aliphatic rings. The van der Waals surface area contributed by atoms with Gasteiger partial charge < -0.3 is 9.47 Å². The average molecular weight is 645 g/mol. The molecule has 0 N–H and O–H groups in total. The predicted octanol–water partition coefficient (Wildman–Crippen LogP) is 11.5. The van der Waals surface area contributed by atoms with Crippen molar-refractivity contribution in [3.63, 3.8) is 0 Å². The second-order valence-electron chi connectivity index (χ2n) is 12.0. The van der Waals surface area contributed by atoms with Crippen LogP contribution in [0.5, 0.6) is 11.5 Å². The van der Waals surface area contributed by atoms with E-state index in [0.29, 0.717) is 24.7 Å². The van der Waals surface area contributed by atoms with Gasteiger partial charge in [0.05, 0.1) is 24.9 Å². The molecule has 0 atom stereocenters. The van der Waals surface area contributed by atoms with Crippen LogP contribution < -0.4 is 9.47 Å². The van der Waals surface area contributed by atoms with E-state index in [9.17, 15) is 0 Å². The van der Waals surface area contributed by atoms with E-state index in [0.717, 1.165) is 50.3 Å². The molecule has 3 aromatic heterocycles. The van der Waals surface area contributed by atoms with Gasteiger partial charge in [0.15, 0.2) is 0 Å². The Morgan fingerprint density at radius 3 is 1.20 bits per heavy atom. The minimum absolute atomic E-state index is 0.0808. The van der Waals surface area contributed by atoms with Crippen molar-refractivity contribution in [3.05, 3.63) is 36.4 Å². The zero-order valence-electron chi connectivity index (χ0n) is 27.6. The third-order valence-electron chi connectivity index (χ3n) is 8.21. The van der Waals surface area contributed by atoms with E-state index in [4.69, 9.17) is 9.47 Å². The molecule has 0 radical (unpaired) electrons. The normalized spacial score (nSPS) is 11.3. The molecule has 0 saturated carbocycles. The van der Waals surface area contributed by atoms with Crippen LogP contribution in [0.4, 0.5) is 8.78 Å². The third kappa shape index (κ3) is 13.3. The van der Waals surface area contributed by atoms with Gasteiger partial charge in [-0.15, -0.1) is 0 Å². The first kappa shape index (κ1) is 36.8. The van der Waals surface area contributed by atoms with Crippen molar-refractivity contribution >= 4 is 11.7 Å². The molecule has 6 nitrogen and oxygen atoms in total. The van der Waals surface area contributed by atoms with Gasteiger partial charge in [0.25, 0.3) is 0 Å². The highest BCUT2D eigenvalue weighted by Crippen LogP contribution is 2.41. The topological polar surface area (TPSA) is 70.0 Å². The summed E-state index contributed by atoms with van der Waals surface area (Å²) in [5.74, 6) is -0.822. The number of rotatable bonds is 26. The van der Waals surface area contributed by atoms with E-state index in [1.54, 1.807) is 12.1 Å². The number of hydrogen-bond acceptors (Lipinski definition) is 7. The molecule has 0 aliphatic heterocycles. The molecular weight excluding hydrogens is 590 g/mol. The Balaban J connectivity index is 1.53. The van der Waals surface area contributed by atoms with E-state index < -0.39 is 11.9 Å². The van der Waals surface area contributed by atoms with Gasteiger partial charge in [-0.2, -0.15) is 17.5 Å². The van der Waals surface area contributed by atoms with Crippen molar-refractivity contribution in [1.29, 1.82) is 0 Å². The number of halogens is 2. The second kappa shape index (κ2) is 22.8. The first-order valence-electron chi connectivity index (χ1n) is 17.5. The van der Waals surface area contributed by atoms with Crippen LogP contribution in [-0.4, -0.2) is 31.9 Å². The number of nitrogens with zero attached hydrogens (tertiary/aromatic N) is 4. The molecule has 0 aliphatic carbocycles. The van der Waals surface area contributed by atoms with Crippen LogP contribution in [0.15, 0.2) is 24.5 Å². The summed E-state index contributed by atoms with van der Waals surface area (Å²) in [6, 6.07) is 3.25. The van der Waals surface area contributed by atoms with Gasteiger partial charge in [-0.3, -0.25) is 0 Å². The molecule has 3 heterocycles. The quantitative estimate of drug-likeness (QED) is 0.0640. The van der Waals surface area contributed by atoms with Crippen molar-refractivity contribution < 1.29 is 18.3 Å². The molecule has 0 spiro atoms. The fraction of sp³-hybridized carbons (Fsp3) is 0.667. The Bertz CT molecular complexity index is 1120. The van der Waals surface area contributed by atoms with Crippen molar-refractivity contribution in [3.8, 4) is 34.0 Å². The minimum Gasteiger partial charge on any atom is -0.493 e. The summed E-state index contributed by atoms with van der Waals surface area (Å²) in [6.45, 7) is 5.39. The largest absolute Gasteiger partial charge is 0.493 e. The molecular formula is C36H54F2N4O2S. The Morgan fingerprint density at radius 2 is 0.844 bits per heavy atom. The Labute approximate surface area is 274 Å². The van der Waals surface area contributed by atoms with E-state index in [1.807, 2.05) is 0 Å². The Morgan fingerprint density at radius 1 is 0.511 bits per heavy atom. The molecule has 0 saturated heterocycles. The molecule has 0 aromatic carbocycles. The summed E-state index contributed by atoms with van der Waals surface area (Å²) >= 11 is 0.882. The Hall–Kier alpha value is -2.68. The highest BCUT2D eigenvalue weighted by atomic mass is 32.1. The summed E-state index contributed by atoms with van der Waals surface area (Å²) in [6.07, 6.45) is 27.1. The molecule has 0 unspecified atom stereocenters. The van der Waals surface area contributed by atoms with Crippen LogP contribution in [0, 0.1) is 11.9 Å². The van der Waals surface area contributed by atoms with Gasteiger partial charge in [0, 0.05) is 12.4 Å². The van der Waals surface area contributed by atoms with Gasteiger partial charge in [-0.25, -0.2) is 9.97 Å². The molecule has 0 fully saturated rings. The van der Waals surface area contributed by atoms with Gasteiger partial charge in [0.2, 0.25) is 11.9 Å². The summed E-state index contributed by atoms with van der Waals surface area (Å²) in [5, 5.41) is 0. The molecule has 0 amide bonds. The van der Waals surface area contributed by atoms with Crippen molar-refractivity contribution in [2.45, 2.75) is 142 Å². The summed E-state index contributed by atoms with van der Waals surface area (Å²) < 4.78 is 51.1. The lowest BCUT2D eigenvalue weighted by molar-refractivity contribution is 0.302. The second-order valence-corrected chi connectivity index (χ2v) is 12.5. The fourth-order valence-corrected chi connectivity index (χ4v) is 6.13. The third-order valence-corrected chi connectivity index (χ3v) is 8.73. The number of aromatic nitrogens is 4. The van der Waals surface area contributed by atoms with E-state index in [1.165, 1.54) is 102 Å². The molecule has 0 bridgehead atoms. The average Bonchev–Trinajstić information content (AvgIpc) is 3.51.